The quantitative estimate of drug-likeness (QED) is 0.646. The molecule has 0 atom stereocenters. The van der Waals surface area contributed by atoms with E-state index in [1.807, 2.05) is 19.6 Å². The van der Waals surface area contributed by atoms with Gasteiger partial charge in [0.1, 0.15) is 0 Å². The van der Waals surface area contributed by atoms with E-state index < -0.39 is 0 Å². The normalized spacial score (nSPS) is 23.3. The predicted molar refractivity (Wildman–Crippen MR) is 87.3 cm³/mol. The van der Waals surface area contributed by atoms with Crippen LogP contribution in [0.15, 0.2) is 23.7 Å². The summed E-state index contributed by atoms with van der Waals surface area (Å²) in [5.74, 6) is 2.64. The molecule has 1 fully saturated rings. The van der Waals surface area contributed by atoms with Crippen molar-refractivity contribution in [3.05, 3.63) is 18.7 Å². The summed E-state index contributed by atoms with van der Waals surface area (Å²) in [7, 11) is 1.84. The van der Waals surface area contributed by atoms with E-state index in [0.717, 1.165) is 30.9 Å². The van der Waals surface area contributed by atoms with Crippen molar-refractivity contribution < 1.29 is 0 Å². The highest BCUT2D eigenvalue weighted by Gasteiger charge is 2.23. The molecule has 5 heteroatoms. The smallest absolute Gasteiger partial charge is 0.191 e. The van der Waals surface area contributed by atoms with E-state index in [1.54, 1.807) is 6.20 Å². The summed E-state index contributed by atoms with van der Waals surface area (Å²) >= 11 is 0. The van der Waals surface area contributed by atoms with Crippen molar-refractivity contribution in [1.82, 2.24) is 20.2 Å². The number of aliphatic imine (C=N–C) groups is 1. The Bertz CT molecular complexity index is 416. The molecule has 0 aliphatic heterocycles. The van der Waals surface area contributed by atoms with Gasteiger partial charge in [0.2, 0.25) is 0 Å². The van der Waals surface area contributed by atoms with Crippen molar-refractivity contribution in [2.75, 3.05) is 13.6 Å². The molecular weight excluding hydrogens is 262 g/mol. The topological polar surface area (TPSA) is 54.2 Å². The minimum absolute atomic E-state index is 0.569. The molecule has 0 spiro atoms. The first-order valence-corrected chi connectivity index (χ1v) is 8.12. The molecule has 0 aromatic carbocycles. The van der Waals surface area contributed by atoms with E-state index in [1.165, 1.54) is 25.7 Å². The molecule has 1 saturated carbocycles. The van der Waals surface area contributed by atoms with Crippen LogP contribution in [0.5, 0.6) is 0 Å². The number of nitrogens with zero attached hydrogens (tertiary/aromatic N) is 3. The van der Waals surface area contributed by atoms with Crippen LogP contribution in [0.3, 0.4) is 0 Å². The zero-order chi connectivity index (χ0) is 15.1. The Hall–Kier alpha value is -1.52. The van der Waals surface area contributed by atoms with Crippen LogP contribution >= 0.6 is 0 Å². The van der Waals surface area contributed by atoms with Crippen molar-refractivity contribution in [2.45, 2.75) is 52.1 Å². The lowest BCUT2D eigenvalue weighted by atomic mass is 9.80. The van der Waals surface area contributed by atoms with Gasteiger partial charge in [0.25, 0.3) is 0 Å². The molecule has 0 radical (unpaired) electrons. The number of hydrogen-bond acceptors (Lipinski definition) is 2. The number of nitrogens with one attached hydrogen (secondary N) is 2. The third-order valence-electron chi connectivity index (χ3n) is 4.50. The maximum atomic E-state index is 4.32. The van der Waals surface area contributed by atoms with Gasteiger partial charge in [-0.1, -0.05) is 13.8 Å². The third-order valence-corrected chi connectivity index (χ3v) is 4.50. The number of hydrogen-bond donors (Lipinski definition) is 2. The first-order chi connectivity index (χ1) is 10.2. The molecule has 0 unspecified atom stereocenters. The SMILES string of the molecule is CN=C(NCCn1ccnc1)NC1CCC(C(C)C)CC1. The Labute approximate surface area is 128 Å². The summed E-state index contributed by atoms with van der Waals surface area (Å²) in [5, 5.41) is 6.94. The molecule has 1 heterocycles. The monoisotopic (exact) mass is 291 g/mol. The largest absolute Gasteiger partial charge is 0.355 e. The molecule has 5 nitrogen and oxygen atoms in total. The summed E-state index contributed by atoms with van der Waals surface area (Å²) in [6, 6.07) is 0.569. The van der Waals surface area contributed by atoms with Crippen LogP contribution in [-0.2, 0) is 6.54 Å². The molecule has 1 aromatic heterocycles. The van der Waals surface area contributed by atoms with Crippen molar-refractivity contribution in [1.29, 1.82) is 0 Å². The fourth-order valence-corrected chi connectivity index (χ4v) is 3.04. The molecule has 21 heavy (non-hydrogen) atoms. The molecule has 1 aromatic rings. The maximum absolute atomic E-state index is 4.32. The lowest BCUT2D eigenvalue weighted by Gasteiger charge is -2.32. The molecule has 0 amide bonds. The predicted octanol–water partition coefficient (Wildman–Crippen LogP) is 2.26. The number of imidazole rings is 1. The van der Waals surface area contributed by atoms with E-state index in [4.69, 9.17) is 0 Å². The fourth-order valence-electron chi connectivity index (χ4n) is 3.04. The van der Waals surface area contributed by atoms with Gasteiger partial charge in [-0.3, -0.25) is 4.99 Å². The van der Waals surface area contributed by atoms with Crippen LogP contribution < -0.4 is 10.6 Å². The molecule has 1 aliphatic rings. The van der Waals surface area contributed by atoms with Gasteiger partial charge in [0.15, 0.2) is 5.96 Å². The zero-order valence-electron chi connectivity index (χ0n) is 13.5. The van der Waals surface area contributed by atoms with Gasteiger partial charge in [-0.2, -0.15) is 0 Å². The van der Waals surface area contributed by atoms with Gasteiger partial charge in [-0.25, -0.2) is 4.98 Å². The van der Waals surface area contributed by atoms with Gasteiger partial charge < -0.3 is 15.2 Å². The second kappa shape index (κ2) is 8.05. The van der Waals surface area contributed by atoms with E-state index in [2.05, 4.69) is 39.0 Å². The van der Waals surface area contributed by atoms with Gasteiger partial charge in [-0.15, -0.1) is 0 Å². The minimum atomic E-state index is 0.569. The Kier molecular flexibility index (Phi) is 6.08. The lowest BCUT2D eigenvalue weighted by Crippen LogP contribution is -2.45. The standard InChI is InChI=1S/C16H29N5/c1-13(2)14-4-6-15(7-5-14)20-16(17-3)19-9-11-21-10-8-18-12-21/h8,10,12-15H,4-7,9,11H2,1-3H3,(H2,17,19,20). The Morgan fingerprint density at radius 3 is 2.67 bits per heavy atom. The van der Waals surface area contributed by atoms with Crippen molar-refractivity contribution in [3.63, 3.8) is 0 Å². The molecular formula is C16H29N5. The Morgan fingerprint density at radius 1 is 1.33 bits per heavy atom. The lowest BCUT2D eigenvalue weighted by molar-refractivity contribution is 0.250. The molecule has 2 rings (SSSR count). The third kappa shape index (κ3) is 5.06. The molecule has 1 aliphatic carbocycles. The van der Waals surface area contributed by atoms with Crippen LogP contribution in [0.4, 0.5) is 0 Å². The average molecular weight is 291 g/mol. The van der Waals surface area contributed by atoms with Crippen molar-refractivity contribution in [3.8, 4) is 0 Å². The van der Waals surface area contributed by atoms with Gasteiger partial charge >= 0.3 is 0 Å². The second-order valence-corrected chi connectivity index (χ2v) is 6.30. The fraction of sp³-hybridized carbons (Fsp3) is 0.750. The molecule has 2 N–H and O–H groups in total. The van der Waals surface area contributed by atoms with Crippen LogP contribution in [0.1, 0.15) is 39.5 Å². The first kappa shape index (κ1) is 15.9. The highest BCUT2D eigenvalue weighted by Crippen LogP contribution is 2.29. The van der Waals surface area contributed by atoms with Crippen molar-refractivity contribution in [2.24, 2.45) is 16.8 Å². The maximum Gasteiger partial charge on any atom is 0.191 e. The van der Waals surface area contributed by atoms with Gasteiger partial charge in [-0.05, 0) is 37.5 Å². The van der Waals surface area contributed by atoms with Crippen molar-refractivity contribution >= 4 is 5.96 Å². The van der Waals surface area contributed by atoms with Crippen LogP contribution in [0.2, 0.25) is 0 Å². The number of aromatic nitrogens is 2. The average Bonchev–Trinajstić information content (AvgIpc) is 3.00. The van der Waals surface area contributed by atoms with E-state index in [-0.39, 0.29) is 0 Å². The van der Waals surface area contributed by atoms with Crippen LogP contribution in [0.25, 0.3) is 0 Å². The summed E-state index contributed by atoms with van der Waals surface area (Å²) in [6.45, 7) is 6.45. The number of rotatable bonds is 5. The van der Waals surface area contributed by atoms with Gasteiger partial charge in [0.05, 0.1) is 6.33 Å². The Balaban J connectivity index is 1.68. The summed E-state index contributed by atoms with van der Waals surface area (Å²) < 4.78 is 2.06. The number of guanidine groups is 1. The molecule has 118 valence electrons. The zero-order valence-corrected chi connectivity index (χ0v) is 13.5. The molecule has 0 saturated heterocycles. The van der Waals surface area contributed by atoms with Gasteiger partial charge in [0, 0.05) is 38.6 Å². The van der Waals surface area contributed by atoms with E-state index in [9.17, 15) is 0 Å². The van der Waals surface area contributed by atoms with E-state index >= 15 is 0 Å². The Morgan fingerprint density at radius 2 is 2.10 bits per heavy atom. The first-order valence-electron chi connectivity index (χ1n) is 8.12. The second-order valence-electron chi connectivity index (χ2n) is 6.30. The highest BCUT2D eigenvalue weighted by molar-refractivity contribution is 5.79. The molecule has 0 bridgehead atoms. The highest BCUT2D eigenvalue weighted by atomic mass is 15.2. The van der Waals surface area contributed by atoms with Crippen LogP contribution in [0, 0.1) is 11.8 Å². The van der Waals surface area contributed by atoms with Crippen LogP contribution in [-0.4, -0.2) is 35.1 Å². The summed E-state index contributed by atoms with van der Waals surface area (Å²) in [5.41, 5.74) is 0. The minimum Gasteiger partial charge on any atom is -0.355 e. The van der Waals surface area contributed by atoms with E-state index in [0.29, 0.717) is 6.04 Å². The summed E-state index contributed by atoms with van der Waals surface area (Å²) in [6.07, 6.45) is 10.8. The summed E-state index contributed by atoms with van der Waals surface area (Å²) in [4.78, 5) is 8.37.